The monoisotopic (exact) mass is 267 g/mol. The molecule has 0 saturated carbocycles. The summed E-state index contributed by atoms with van der Waals surface area (Å²) in [4.78, 5) is 4.49. The average molecular weight is 267 g/mol. The zero-order valence-electron chi connectivity index (χ0n) is 12.4. The number of hydrogen-bond acceptors (Lipinski definition) is 5. The summed E-state index contributed by atoms with van der Waals surface area (Å²) in [6.07, 6.45) is 2.87. The van der Waals surface area contributed by atoms with Crippen LogP contribution in [0.25, 0.3) is 0 Å². The Kier molecular flexibility index (Phi) is 4.58. The number of nitrogens with zero attached hydrogens (tertiary/aromatic N) is 2. The first-order chi connectivity index (χ1) is 9.00. The van der Waals surface area contributed by atoms with Crippen LogP contribution < -0.4 is 5.32 Å². The van der Waals surface area contributed by atoms with E-state index >= 15 is 0 Å². The molecule has 2 unspecified atom stereocenters. The number of ether oxygens (including phenoxy) is 1. The van der Waals surface area contributed by atoms with Gasteiger partial charge in [0.25, 0.3) is 0 Å². The summed E-state index contributed by atoms with van der Waals surface area (Å²) >= 11 is 0. The summed E-state index contributed by atoms with van der Waals surface area (Å²) in [6, 6.07) is 0.329. The van der Waals surface area contributed by atoms with Crippen LogP contribution in [-0.4, -0.2) is 29.3 Å². The van der Waals surface area contributed by atoms with Crippen molar-refractivity contribution >= 4 is 0 Å². The van der Waals surface area contributed by atoms with Crippen molar-refractivity contribution in [2.45, 2.75) is 59.1 Å². The van der Waals surface area contributed by atoms with Gasteiger partial charge in [0, 0.05) is 19.1 Å². The van der Waals surface area contributed by atoms with Gasteiger partial charge in [0.2, 0.25) is 11.7 Å². The summed E-state index contributed by atoms with van der Waals surface area (Å²) in [5.41, 5.74) is 0.161. The van der Waals surface area contributed by atoms with Gasteiger partial charge < -0.3 is 14.6 Å². The van der Waals surface area contributed by atoms with E-state index in [4.69, 9.17) is 9.26 Å². The molecule has 0 aliphatic carbocycles. The third-order valence-corrected chi connectivity index (χ3v) is 3.58. The van der Waals surface area contributed by atoms with Crippen LogP contribution in [0, 0.1) is 5.41 Å². The van der Waals surface area contributed by atoms with Gasteiger partial charge in [-0.1, -0.05) is 32.9 Å². The average Bonchev–Trinajstić information content (AvgIpc) is 2.97. The second-order valence-corrected chi connectivity index (χ2v) is 6.23. The van der Waals surface area contributed by atoms with Gasteiger partial charge in [-0.15, -0.1) is 0 Å². The molecule has 0 aromatic carbocycles. The fourth-order valence-electron chi connectivity index (χ4n) is 2.37. The smallest absolute Gasteiger partial charge is 0.228 e. The minimum absolute atomic E-state index is 0.0321. The van der Waals surface area contributed by atoms with Crippen LogP contribution in [0.3, 0.4) is 0 Å². The van der Waals surface area contributed by atoms with Crippen molar-refractivity contribution < 1.29 is 9.26 Å². The Labute approximate surface area is 115 Å². The highest BCUT2D eigenvalue weighted by atomic mass is 16.5. The highest BCUT2D eigenvalue weighted by Crippen LogP contribution is 2.27. The van der Waals surface area contributed by atoms with Crippen molar-refractivity contribution in [1.29, 1.82) is 0 Å². The lowest BCUT2D eigenvalue weighted by Crippen LogP contribution is -2.41. The first kappa shape index (κ1) is 14.5. The molecule has 2 atom stereocenters. The van der Waals surface area contributed by atoms with Crippen molar-refractivity contribution in [2.75, 3.05) is 13.2 Å². The molecule has 0 radical (unpaired) electrons. The van der Waals surface area contributed by atoms with Gasteiger partial charge in [-0.3, -0.25) is 0 Å². The van der Waals surface area contributed by atoms with Crippen molar-refractivity contribution in [3.05, 3.63) is 11.7 Å². The highest BCUT2D eigenvalue weighted by Gasteiger charge is 2.28. The molecule has 5 nitrogen and oxygen atoms in total. The normalized spacial score (nSPS) is 21.8. The molecule has 19 heavy (non-hydrogen) atoms. The van der Waals surface area contributed by atoms with E-state index in [-0.39, 0.29) is 11.5 Å². The number of aromatic nitrogens is 2. The van der Waals surface area contributed by atoms with E-state index < -0.39 is 0 Å². The van der Waals surface area contributed by atoms with Gasteiger partial charge in [0.05, 0.1) is 0 Å². The fourth-order valence-corrected chi connectivity index (χ4v) is 2.37. The molecule has 2 heterocycles. The van der Waals surface area contributed by atoms with Crippen LogP contribution in [0.5, 0.6) is 0 Å². The largest absolute Gasteiger partial charge is 0.370 e. The molecule has 1 fully saturated rings. The molecule has 1 aliphatic heterocycles. The summed E-state index contributed by atoms with van der Waals surface area (Å²) in [6.45, 7) is 10.5. The van der Waals surface area contributed by atoms with Gasteiger partial charge in [0.1, 0.15) is 6.10 Å². The Balaban J connectivity index is 2.01. The van der Waals surface area contributed by atoms with E-state index in [1.165, 1.54) is 0 Å². The van der Waals surface area contributed by atoms with Crippen LogP contribution in [0.4, 0.5) is 0 Å². The summed E-state index contributed by atoms with van der Waals surface area (Å²) in [7, 11) is 0. The predicted molar refractivity (Wildman–Crippen MR) is 72.8 cm³/mol. The zero-order chi connectivity index (χ0) is 13.9. The molecule has 1 N–H and O–H groups in total. The van der Waals surface area contributed by atoms with Crippen LogP contribution in [0.2, 0.25) is 0 Å². The summed E-state index contributed by atoms with van der Waals surface area (Å²) in [5, 5.41) is 7.55. The number of hydrogen-bond donors (Lipinski definition) is 1. The lowest BCUT2D eigenvalue weighted by atomic mass is 9.84. The molecule has 108 valence electrons. The van der Waals surface area contributed by atoms with E-state index in [1.807, 2.05) is 0 Å². The quantitative estimate of drug-likeness (QED) is 0.888. The number of nitrogens with one attached hydrogen (secondary N) is 1. The third-order valence-electron chi connectivity index (χ3n) is 3.58. The minimum atomic E-state index is 0.0321. The second kappa shape index (κ2) is 6.01. The fraction of sp³-hybridized carbons (Fsp3) is 0.857. The van der Waals surface area contributed by atoms with E-state index in [0.717, 1.165) is 32.4 Å². The molecule has 1 aromatic rings. The molecule has 1 aromatic heterocycles. The maximum atomic E-state index is 5.57. The topological polar surface area (TPSA) is 60.2 Å². The second-order valence-electron chi connectivity index (χ2n) is 6.23. The Morgan fingerprint density at radius 2 is 2.21 bits per heavy atom. The van der Waals surface area contributed by atoms with Gasteiger partial charge in [-0.2, -0.15) is 4.98 Å². The van der Waals surface area contributed by atoms with E-state index in [1.54, 1.807) is 0 Å². The molecular formula is C14H25N3O2. The van der Waals surface area contributed by atoms with Crippen LogP contribution in [-0.2, 0) is 11.2 Å². The van der Waals surface area contributed by atoms with E-state index in [9.17, 15) is 0 Å². The van der Waals surface area contributed by atoms with Gasteiger partial charge in [-0.05, 0) is 24.8 Å². The minimum Gasteiger partial charge on any atom is -0.370 e. The number of rotatable bonds is 5. The number of likely N-dealkylation sites (N-methyl/N-ethyl adjacent to an activating group) is 1. The molecule has 5 heteroatoms. The molecular weight excluding hydrogens is 242 g/mol. The van der Waals surface area contributed by atoms with Crippen LogP contribution >= 0.6 is 0 Å². The van der Waals surface area contributed by atoms with E-state index in [2.05, 4.69) is 43.2 Å². The lowest BCUT2D eigenvalue weighted by Gasteiger charge is -2.30. The Hall–Kier alpha value is -0.940. The van der Waals surface area contributed by atoms with Crippen molar-refractivity contribution in [3.8, 4) is 0 Å². The molecule has 1 saturated heterocycles. The Morgan fingerprint density at radius 3 is 2.79 bits per heavy atom. The summed E-state index contributed by atoms with van der Waals surface area (Å²) in [5.74, 6) is 1.41. The standard InChI is InChI=1S/C14H25N3O2/c1-5-15-11(14(2,3)4)9-12-16-13(17-19-12)10-7-6-8-18-10/h10-11,15H,5-9H2,1-4H3. The van der Waals surface area contributed by atoms with Gasteiger partial charge in [0.15, 0.2) is 0 Å². The van der Waals surface area contributed by atoms with Crippen LogP contribution in [0.1, 0.15) is 58.4 Å². The maximum absolute atomic E-state index is 5.57. The van der Waals surface area contributed by atoms with Crippen LogP contribution in [0.15, 0.2) is 4.52 Å². The maximum Gasteiger partial charge on any atom is 0.228 e. The summed E-state index contributed by atoms with van der Waals surface area (Å²) < 4.78 is 10.9. The molecule has 0 amide bonds. The van der Waals surface area contributed by atoms with Gasteiger partial charge in [-0.25, -0.2) is 0 Å². The van der Waals surface area contributed by atoms with Crippen molar-refractivity contribution in [2.24, 2.45) is 5.41 Å². The Bertz CT molecular complexity index is 392. The highest BCUT2D eigenvalue weighted by molar-refractivity contribution is 4.96. The molecule has 2 rings (SSSR count). The molecule has 0 spiro atoms. The van der Waals surface area contributed by atoms with Gasteiger partial charge >= 0.3 is 0 Å². The Morgan fingerprint density at radius 1 is 1.42 bits per heavy atom. The van der Waals surface area contributed by atoms with E-state index in [0.29, 0.717) is 17.8 Å². The zero-order valence-corrected chi connectivity index (χ0v) is 12.4. The molecule has 1 aliphatic rings. The third kappa shape index (κ3) is 3.76. The first-order valence-electron chi connectivity index (χ1n) is 7.18. The van der Waals surface area contributed by atoms with Crippen molar-refractivity contribution in [1.82, 2.24) is 15.5 Å². The lowest BCUT2D eigenvalue weighted by molar-refractivity contribution is 0.103. The first-order valence-corrected chi connectivity index (χ1v) is 7.18. The SMILES string of the molecule is CCNC(Cc1nc(C2CCCO2)no1)C(C)(C)C. The molecule has 0 bridgehead atoms. The van der Waals surface area contributed by atoms with Crippen molar-refractivity contribution in [3.63, 3.8) is 0 Å². The predicted octanol–water partition coefficient (Wildman–Crippen LogP) is 2.49.